The van der Waals surface area contributed by atoms with E-state index in [0.29, 0.717) is 12.3 Å². The minimum Gasteiger partial charge on any atom is -0.469 e. The lowest BCUT2D eigenvalue weighted by molar-refractivity contribution is -0.141. The number of esters is 1. The third-order valence-corrected chi connectivity index (χ3v) is 1.64. The van der Waals surface area contributed by atoms with Gasteiger partial charge in [0.15, 0.2) is 0 Å². The van der Waals surface area contributed by atoms with Gasteiger partial charge in [0.1, 0.15) is 0 Å². The van der Waals surface area contributed by atoms with Crippen LogP contribution in [0.5, 0.6) is 0 Å². The van der Waals surface area contributed by atoms with E-state index in [-0.39, 0.29) is 5.97 Å². The first-order valence-electron chi connectivity index (χ1n) is 4.44. The molecule has 0 aromatic heterocycles. The van der Waals surface area contributed by atoms with Crippen LogP contribution in [0.15, 0.2) is 12.2 Å². The van der Waals surface area contributed by atoms with Gasteiger partial charge in [0.05, 0.1) is 13.5 Å². The van der Waals surface area contributed by atoms with Crippen LogP contribution in [0.4, 0.5) is 0 Å². The molecule has 0 saturated carbocycles. The van der Waals surface area contributed by atoms with Gasteiger partial charge in [0, 0.05) is 0 Å². The highest BCUT2D eigenvalue weighted by atomic mass is 16.5. The molecule has 0 radical (unpaired) electrons. The second-order valence-electron chi connectivity index (χ2n) is 2.97. The molecule has 0 N–H and O–H groups in total. The molecule has 0 rings (SSSR count). The van der Waals surface area contributed by atoms with Gasteiger partial charge in [0.2, 0.25) is 0 Å². The molecule has 0 saturated heterocycles. The van der Waals surface area contributed by atoms with Crippen LogP contribution in [-0.2, 0) is 9.53 Å². The van der Waals surface area contributed by atoms with Gasteiger partial charge in [-0.05, 0) is 12.3 Å². The zero-order valence-electron chi connectivity index (χ0n) is 8.17. The lowest BCUT2D eigenvalue weighted by Crippen LogP contribution is -2.04. The monoisotopic (exact) mass is 170 g/mol. The van der Waals surface area contributed by atoms with E-state index >= 15 is 0 Å². The standard InChI is InChI=1S/C10H18O2/c1-4-5-6-7-9(2)8-10(11)12-3/h6-7,9H,4-5,8H2,1-3H3/b7-6+/t9-/m1/s1. The van der Waals surface area contributed by atoms with E-state index < -0.39 is 0 Å². The van der Waals surface area contributed by atoms with Gasteiger partial charge >= 0.3 is 5.97 Å². The molecule has 2 nitrogen and oxygen atoms in total. The molecule has 0 heterocycles. The number of hydrogen-bond acceptors (Lipinski definition) is 2. The zero-order valence-corrected chi connectivity index (χ0v) is 8.17. The average molecular weight is 170 g/mol. The molecule has 2 heteroatoms. The Balaban J connectivity index is 3.58. The summed E-state index contributed by atoms with van der Waals surface area (Å²) in [5.74, 6) is 0.160. The van der Waals surface area contributed by atoms with Gasteiger partial charge in [-0.2, -0.15) is 0 Å². The van der Waals surface area contributed by atoms with Crippen LogP contribution in [0.25, 0.3) is 0 Å². The number of unbranched alkanes of at least 4 members (excludes halogenated alkanes) is 1. The first-order chi connectivity index (χ1) is 5.70. The fourth-order valence-corrected chi connectivity index (χ4v) is 0.909. The maximum Gasteiger partial charge on any atom is 0.306 e. The summed E-state index contributed by atoms with van der Waals surface area (Å²) in [7, 11) is 1.42. The van der Waals surface area contributed by atoms with Gasteiger partial charge in [-0.1, -0.05) is 32.4 Å². The highest BCUT2D eigenvalue weighted by molar-refractivity contribution is 5.69. The van der Waals surface area contributed by atoms with Crippen LogP contribution >= 0.6 is 0 Å². The Kier molecular flexibility index (Phi) is 6.44. The van der Waals surface area contributed by atoms with Gasteiger partial charge < -0.3 is 4.74 Å². The Morgan fingerprint density at radius 2 is 2.25 bits per heavy atom. The molecular weight excluding hydrogens is 152 g/mol. The number of carbonyl (C=O) groups excluding carboxylic acids is 1. The first kappa shape index (κ1) is 11.2. The molecule has 0 fully saturated rings. The van der Waals surface area contributed by atoms with Crippen molar-refractivity contribution in [3.8, 4) is 0 Å². The van der Waals surface area contributed by atoms with E-state index in [1.54, 1.807) is 0 Å². The number of allylic oxidation sites excluding steroid dienone is 2. The Bertz CT molecular complexity index is 150. The van der Waals surface area contributed by atoms with Crippen LogP contribution in [0.3, 0.4) is 0 Å². The Morgan fingerprint density at radius 1 is 1.58 bits per heavy atom. The van der Waals surface area contributed by atoms with Crippen molar-refractivity contribution in [1.29, 1.82) is 0 Å². The summed E-state index contributed by atoms with van der Waals surface area (Å²) >= 11 is 0. The van der Waals surface area contributed by atoms with Crippen LogP contribution in [0.1, 0.15) is 33.1 Å². The molecule has 0 aliphatic carbocycles. The molecule has 0 aromatic carbocycles. The van der Waals surface area contributed by atoms with Crippen molar-refractivity contribution < 1.29 is 9.53 Å². The SMILES string of the molecule is CCC/C=C/[C@@H](C)CC(=O)OC. The Labute approximate surface area is 74.6 Å². The van der Waals surface area contributed by atoms with Gasteiger partial charge in [0.25, 0.3) is 0 Å². The number of methoxy groups -OCH3 is 1. The number of carbonyl (C=O) groups is 1. The van der Waals surface area contributed by atoms with Crippen molar-refractivity contribution in [2.75, 3.05) is 7.11 Å². The zero-order chi connectivity index (χ0) is 9.40. The molecule has 1 atom stereocenters. The summed E-state index contributed by atoms with van der Waals surface area (Å²) in [6.45, 7) is 4.15. The second-order valence-corrected chi connectivity index (χ2v) is 2.97. The molecule has 70 valence electrons. The van der Waals surface area contributed by atoms with E-state index in [1.165, 1.54) is 7.11 Å². The van der Waals surface area contributed by atoms with E-state index in [2.05, 4.69) is 23.8 Å². The normalized spacial score (nSPS) is 13.2. The molecule has 0 unspecified atom stereocenters. The summed E-state index contributed by atoms with van der Waals surface area (Å²) in [6, 6.07) is 0. The van der Waals surface area contributed by atoms with E-state index in [0.717, 1.165) is 12.8 Å². The number of ether oxygens (including phenoxy) is 1. The first-order valence-corrected chi connectivity index (χ1v) is 4.44. The molecule has 0 bridgehead atoms. The molecule has 0 amide bonds. The predicted octanol–water partition coefficient (Wildman–Crippen LogP) is 2.54. The number of rotatable bonds is 5. The summed E-state index contributed by atoms with van der Waals surface area (Å²) in [4.78, 5) is 10.8. The van der Waals surface area contributed by atoms with Crippen molar-refractivity contribution in [3.63, 3.8) is 0 Å². The topological polar surface area (TPSA) is 26.3 Å². The van der Waals surface area contributed by atoms with Gasteiger partial charge in [-0.15, -0.1) is 0 Å². The molecule has 0 spiro atoms. The fourth-order valence-electron chi connectivity index (χ4n) is 0.909. The van der Waals surface area contributed by atoms with E-state index in [9.17, 15) is 4.79 Å². The van der Waals surface area contributed by atoms with Crippen molar-refractivity contribution >= 4 is 5.97 Å². The van der Waals surface area contributed by atoms with E-state index in [1.807, 2.05) is 6.92 Å². The van der Waals surface area contributed by atoms with Gasteiger partial charge in [-0.25, -0.2) is 0 Å². The summed E-state index contributed by atoms with van der Waals surface area (Å²) in [6.07, 6.45) is 6.91. The van der Waals surface area contributed by atoms with Gasteiger partial charge in [-0.3, -0.25) is 4.79 Å². The Morgan fingerprint density at radius 3 is 2.75 bits per heavy atom. The van der Waals surface area contributed by atoms with Crippen molar-refractivity contribution in [1.82, 2.24) is 0 Å². The summed E-state index contributed by atoms with van der Waals surface area (Å²) < 4.78 is 4.55. The highest BCUT2D eigenvalue weighted by Gasteiger charge is 2.04. The number of hydrogen-bond donors (Lipinski definition) is 0. The van der Waals surface area contributed by atoms with Crippen LogP contribution in [-0.4, -0.2) is 13.1 Å². The lowest BCUT2D eigenvalue weighted by atomic mass is 10.1. The maximum absolute atomic E-state index is 10.8. The molecule has 12 heavy (non-hydrogen) atoms. The third-order valence-electron chi connectivity index (χ3n) is 1.64. The summed E-state index contributed by atoms with van der Waals surface area (Å²) in [5, 5.41) is 0. The molecule has 0 aliphatic heterocycles. The van der Waals surface area contributed by atoms with E-state index in [4.69, 9.17) is 0 Å². The molecular formula is C10H18O2. The quantitative estimate of drug-likeness (QED) is 0.468. The average Bonchev–Trinajstić information content (AvgIpc) is 2.05. The second kappa shape index (κ2) is 6.89. The van der Waals surface area contributed by atoms with Crippen molar-refractivity contribution in [3.05, 3.63) is 12.2 Å². The van der Waals surface area contributed by atoms with Crippen LogP contribution < -0.4 is 0 Å². The molecule has 0 aliphatic rings. The minimum absolute atomic E-state index is 0.136. The highest BCUT2D eigenvalue weighted by Crippen LogP contribution is 2.05. The largest absolute Gasteiger partial charge is 0.469 e. The van der Waals surface area contributed by atoms with Crippen molar-refractivity contribution in [2.24, 2.45) is 5.92 Å². The Hall–Kier alpha value is -0.790. The maximum atomic E-state index is 10.8. The summed E-state index contributed by atoms with van der Waals surface area (Å²) in [5.41, 5.74) is 0. The predicted molar refractivity (Wildman–Crippen MR) is 49.8 cm³/mol. The lowest BCUT2D eigenvalue weighted by Gasteiger charge is -2.02. The molecule has 0 aromatic rings. The van der Waals surface area contributed by atoms with Crippen LogP contribution in [0, 0.1) is 5.92 Å². The smallest absolute Gasteiger partial charge is 0.306 e. The van der Waals surface area contributed by atoms with Crippen LogP contribution in [0.2, 0.25) is 0 Å². The van der Waals surface area contributed by atoms with Crippen molar-refractivity contribution in [2.45, 2.75) is 33.1 Å². The third kappa shape index (κ3) is 5.96. The minimum atomic E-state index is -0.136. The fraction of sp³-hybridized carbons (Fsp3) is 0.700.